The van der Waals surface area contributed by atoms with Gasteiger partial charge in [0.25, 0.3) is 0 Å². The molecule has 1 aliphatic heterocycles. The molecule has 3 rings (SSSR count). The van der Waals surface area contributed by atoms with E-state index in [1.807, 2.05) is 6.92 Å². The Morgan fingerprint density at radius 3 is 2.58 bits per heavy atom. The van der Waals surface area contributed by atoms with Crippen LogP contribution in [0.1, 0.15) is 45.2 Å². The van der Waals surface area contributed by atoms with Crippen LogP contribution in [0.25, 0.3) is 5.69 Å². The van der Waals surface area contributed by atoms with Crippen LogP contribution < -0.4 is 5.32 Å². The van der Waals surface area contributed by atoms with Gasteiger partial charge in [-0.05, 0) is 58.8 Å². The third kappa shape index (κ3) is 4.12. The third-order valence-electron chi connectivity index (χ3n) is 5.19. The molecule has 0 spiro atoms. The second-order valence-electron chi connectivity index (χ2n) is 7.30. The molecule has 1 N–H and O–H groups in total. The van der Waals surface area contributed by atoms with Crippen LogP contribution in [0, 0.1) is 11.7 Å². The van der Waals surface area contributed by atoms with Crippen molar-refractivity contribution in [2.24, 2.45) is 5.92 Å². The van der Waals surface area contributed by atoms with Gasteiger partial charge < -0.3 is 10.2 Å². The maximum absolute atomic E-state index is 13.9. The molecular weight excluding hydrogens is 331 g/mol. The number of aromatic nitrogens is 2. The number of likely N-dealkylation sites (tertiary alicyclic amines) is 1. The Kier molecular flexibility index (Phi) is 5.71. The number of hydrogen-bond acceptors (Lipinski definition) is 3. The fourth-order valence-electron chi connectivity index (χ4n) is 3.42. The summed E-state index contributed by atoms with van der Waals surface area (Å²) >= 11 is 0. The molecule has 0 radical (unpaired) electrons. The molecular formula is C20H27FN4O. The van der Waals surface area contributed by atoms with Gasteiger partial charge in [0, 0.05) is 23.7 Å². The highest BCUT2D eigenvalue weighted by atomic mass is 19.1. The topological polar surface area (TPSA) is 50.2 Å². The van der Waals surface area contributed by atoms with Gasteiger partial charge in [-0.2, -0.15) is 5.10 Å². The molecule has 140 valence electrons. The second kappa shape index (κ2) is 7.99. The van der Waals surface area contributed by atoms with Gasteiger partial charge in [0.05, 0.1) is 12.2 Å². The molecule has 0 saturated carbocycles. The van der Waals surface area contributed by atoms with Crippen LogP contribution in [0.2, 0.25) is 0 Å². The molecule has 26 heavy (non-hydrogen) atoms. The lowest BCUT2D eigenvalue weighted by Gasteiger charge is -2.34. The van der Waals surface area contributed by atoms with E-state index in [0.29, 0.717) is 11.7 Å². The van der Waals surface area contributed by atoms with E-state index in [1.165, 1.54) is 10.7 Å². The zero-order valence-electron chi connectivity index (χ0n) is 15.7. The highest BCUT2D eigenvalue weighted by Crippen LogP contribution is 2.21. The lowest BCUT2D eigenvalue weighted by Crippen LogP contribution is -2.43. The Morgan fingerprint density at radius 2 is 1.92 bits per heavy atom. The van der Waals surface area contributed by atoms with E-state index in [1.54, 1.807) is 30.6 Å². The van der Waals surface area contributed by atoms with Crippen molar-refractivity contribution in [1.29, 1.82) is 0 Å². The van der Waals surface area contributed by atoms with Crippen molar-refractivity contribution in [1.82, 2.24) is 20.0 Å². The minimum atomic E-state index is -0.323. The summed E-state index contributed by atoms with van der Waals surface area (Å²) in [4.78, 5) is 15.0. The summed E-state index contributed by atoms with van der Waals surface area (Å²) < 4.78 is 15.4. The summed E-state index contributed by atoms with van der Waals surface area (Å²) in [7, 11) is 0. The number of rotatable bonds is 5. The quantitative estimate of drug-likeness (QED) is 0.892. The molecule has 1 fully saturated rings. The van der Waals surface area contributed by atoms with Crippen LogP contribution in [-0.2, 0) is 4.79 Å². The van der Waals surface area contributed by atoms with E-state index < -0.39 is 0 Å². The number of nitrogens with zero attached hydrogens (tertiary/aromatic N) is 3. The number of carbonyl (C=O) groups excluding carboxylic acids is 1. The Hall–Kier alpha value is -2.21. The Labute approximate surface area is 154 Å². The maximum atomic E-state index is 13.9. The molecule has 2 aromatic rings. The first-order valence-electron chi connectivity index (χ1n) is 9.29. The van der Waals surface area contributed by atoms with Crippen LogP contribution in [0.15, 0.2) is 36.7 Å². The van der Waals surface area contributed by atoms with Gasteiger partial charge in [0.1, 0.15) is 11.5 Å². The van der Waals surface area contributed by atoms with Crippen molar-refractivity contribution in [3.63, 3.8) is 0 Å². The summed E-state index contributed by atoms with van der Waals surface area (Å²) in [6.45, 7) is 8.25. The average molecular weight is 358 g/mol. The molecule has 1 aromatic carbocycles. The molecule has 6 heteroatoms. The number of amides is 1. The monoisotopic (exact) mass is 358 g/mol. The van der Waals surface area contributed by atoms with Gasteiger partial charge in [-0.25, -0.2) is 9.07 Å². The van der Waals surface area contributed by atoms with E-state index in [0.717, 1.165) is 31.5 Å². The van der Waals surface area contributed by atoms with Crippen LogP contribution >= 0.6 is 0 Å². The van der Waals surface area contributed by atoms with Crippen molar-refractivity contribution >= 4 is 5.91 Å². The van der Waals surface area contributed by atoms with Gasteiger partial charge >= 0.3 is 0 Å². The predicted molar refractivity (Wildman–Crippen MR) is 99.5 cm³/mol. The fraction of sp³-hybridized carbons (Fsp3) is 0.500. The smallest absolute Gasteiger partial charge is 0.223 e. The normalized spacial score (nSPS) is 17.4. The number of hydrogen-bond donors (Lipinski definition) is 1. The van der Waals surface area contributed by atoms with Gasteiger partial charge in [-0.1, -0.05) is 12.1 Å². The third-order valence-corrected chi connectivity index (χ3v) is 5.19. The van der Waals surface area contributed by atoms with Crippen molar-refractivity contribution in [3.8, 4) is 5.69 Å². The largest absolute Gasteiger partial charge is 0.349 e. The van der Waals surface area contributed by atoms with Crippen LogP contribution in [-0.4, -0.2) is 39.7 Å². The zero-order chi connectivity index (χ0) is 18.7. The predicted octanol–water partition coefficient (Wildman–Crippen LogP) is 3.31. The van der Waals surface area contributed by atoms with Gasteiger partial charge in [-0.3, -0.25) is 4.79 Å². The molecule has 0 aliphatic carbocycles. The molecule has 1 aliphatic rings. The van der Waals surface area contributed by atoms with Gasteiger partial charge in [-0.15, -0.1) is 0 Å². The number of halogens is 1. The van der Waals surface area contributed by atoms with Crippen molar-refractivity contribution in [2.45, 2.75) is 45.7 Å². The van der Waals surface area contributed by atoms with E-state index in [9.17, 15) is 9.18 Å². The Morgan fingerprint density at radius 1 is 1.23 bits per heavy atom. The van der Waals surface area contributed by atoms with Crippen molar-refractivity contribution in [2.75, 3.05) is 13.1 Å². The van der Waals surface area contributed by atoms with Crippen molar-refractivity contribution < 1.29 is 9.18 Å². The molecule has 0 bridgehead atoms. The Bertz CT molecular complexity index is 750. The first-order valence-corrected chi connectivity index (χ1v) is 9.29. The number of piperidine rings is 1. The van der Waals surface area contributed by atoms with E-state index in [4.69, 9.17) is 0 Å². The highest BCUT2D eigenvalue weighted by Gasteiger charge is 2.27. The van der Waals surface area contributed by atoms with E-state index >= 15 is 0 Å². The van der Waals surface area contributed by atoms with Gasteiger partial charge in [0.15, 0.2) is 0 Å². The number of para-hydroxylation sites is 1. The summed E-state index contributed by atoms with van der Waals surface area (Å²) in [5.41, 5.74) is 1.26. The number of carbonyl (C=O) groups is 1. The van der Waals surface area contributed by atoms with E-state index in [2.05, 4.69) is 29.2 Å². The second-order valence-corrected chi connectivity index (χ2v) is 7.30. The first kappa shape index (κ1) is 18.6. The minimum absolute atomic E-state index is 0.0639. The lowest BCUT2D eigenvalue weighted by molar-refractivity contribution is -0.127. The van der Waals surface area contributed by atoms with Crippen LogP contribution in [0.4, 0.5) is 4.39 Å². The number of benzene rings is 1. The first-order chi connectivity index (χ1) is 12.5. The minimum Gasteiger partial charge on any atom is -0.349 e. The summed E-state index contributed by atoms with van der Waals surface area (Å²) in [6.07, 6.45) is 5.24. The molecule has 0 unspecified atom stereocenters. The summed E-state index contributed by atoms with van der Waals surface area (Å²) in [5, 5.41) is 7.32. The fourth-order valence-corrected chi connectivity index (χ4v) is 3.42. The number of nitrogens with one attached hydrogen (secondary N) is 1. The molecule has 2 heterocycles. The summed E-state index contributed by atoms with van der Waals surface area (Å²) in [6, 6.07) is 6.88. The maximum Gasteiger partial charge on any atom is 0.223 e. The standard InChI is InChI=1S/C20H27FN4O/c1-14(2)24-10-8-16(9-11-24)20(26)23-15(3)17-12-22-25(13-17)19-7-5-4-6-18(19)21/h4-7,12-16H,8-11H2,1-3H3,(H,23,26)/t15-/m1/s1. The molecule has 1 saturated heterocycles. The van der Waals surface area contributed by atoms with Crippen LogP contribution in [0.5, 0.6) is 0 Å². The zero-order valence-corrected chi connectivity index (χ0v) is 15.7. The average Bonchev–Trinajstić information content (AvgIpc) is 3.12. The Balaban J connectivity index is 1.60. The summed E-state index contributed by atoms with van der Waals surface area (Å²) in [5.74, 6) is -0.163. The highest BCUT2D eigenvalue weighted by molar-refractivity contribution is 5.79. The van der Waals surface area contributed by atoms with E-state index in [-0.39, 0.29) is 23.7 Å². The molecule has 5 nitrogen and oxygen atoms in total. The lowest BCUT2D eigenvalue weighted by atomic mass is 9.94. The van der Waals surface area contributed by atoms with Crippen molar-refractivity contribution in [3.05, 3.63) is 48.0 Å². The SMILES string of the molecule is CC(C)N1CCC(C(=O)N[C@H](C)c2cnn(-c3ccccc3F)c2)CC1. The molecule has 1 amide bonds. The molecule has 1 aromatic heterocycles. The van der Waals surface area contributed by atoms with Crippen LogP contribution in [0.3, 0.4) is 0 Å². The van der Waals surface area contributed by atoms with Gasteiger partial charge in [0.2, 0.25) is 5.91 Å². The molecule has 1 atom stereocenters.